The number of fused-ring (bicyclic) bond motifs is 1. The van der Waals surface area contributed by atoms with Gasteiger partial charge in [0.15, 0.2) is 0 Å². The number of aromatic nitrogens is 2. The minimum absolute atomic E-state index is 0.00616. The third-order valence-electron chi connectivity index (χ3n) is 6.33. The normalized spacial score (nSPS) is 13.9. The van der Waals surface area contributed by atoms with Crippen molar-refractivity contribution in [2.45, 2.75) is 45.1 Å². The number of rotatable bonds is 8. The molecular formula is C27H33N3O5S2. The van der Waals surface area contributed by atoms with Gasteiger partial charge in [-0.3, -0.25) is 14.3 Å². The minimum Gasteiger partial charge on any atom is -0.496 e. The van der Waals surface area contributed by atoms with Crippen molar-refractivity contribution in [2.75, 3.05) is 26.1 Å². The highest BCUT2D eigenvalue weighted by atomic mass is 32.2. The zero-order valence-corrected chi connectivity index (χ0v) is 22.8. The highest BCUT2D eigenvalue weighted by Gasteiger charge is 2.20. The highest BCUT2D eigenvalue weighted by Crippen LogP contribution is 2.33. The summed E-state index contributed by atoms with van der Waals surface area (Å²) in [6, 6.07) is 10.1. The predicted molar refractivity (Wildman–Crippen MR) is 149 cm³/mol. The number of nitrogens with two attached hydrogens (primary N) is 1. The Kier molecular flexibility index (Phi) is 9.81. The first-order valence-corrected chi connectivity index (χ1v) is 14.2. The van der Waals surface area contributed by atoms with Gasteiger partial charge in [-0.25, -0.2) is 4.98 Å². The first-order valence-electron chi connectivity index (χ1n) is 12.3. The molecule has 0 unspecified atom stereocenters. The summed E-state index contributed by atoms with van der Waals surface area (Å²) in [5, 5.41) is 14.4. The summed E-state index contributed by atoms with van der Waals surface area (Å²) in [5.74, 6) is 2.11. The summed E-state index contributed by atoms with van der Waals surface area (Å²) in [4.78, 5) is 19.3. The standard InChI is InChI=1S/C22H23N3O3S2.C5H10O2/c1-14-19(20-24-10-11-28-20)30-22-17(8-7-15-5-3-4-6-18(15)27-2)13-16(9-12-29-23)21(26)25(14)22;6-5-1-3-7-4-2-5/h3-6,10-11,13H,7-9,12,23H2,1-2H3;5-6H,1-4H2. The van der Waals surface area contributed by atoms with Crippen LogP contribution in [0.2, 0.25) is 0 Å². The molecule has 0 spiro atoms. The number of hydrogen-bond acceptors (Lipinski definition) is 9. The maximum absolute atomic E-state index is 13.2. The Balaban J connectivity index is 0.000000396. The average molecular weight is 544 g/mol. The summed E-state index contributed by atoms with van der Waals surface area (Å²) in [5.41, 5.74) is 3.91. The molecule has 1 aliphatic heterocycles. The minimum atomic E-state index is -0.0891. The van der Waals surface area contributed by atoms with Gasteiger partial charge in [-0.15, -0.1) is 11.3 Å². The third-order valence-corrected chi connectivity index (χ3v) is 8.08. The fourth-order valence-corrected chi connectivity index (χ4v) is 5.89. The van der Waals surface area contributed by atoms with Crippen molar-refractivity contribution in [1.82, 2.24) is 9.38 Å². The summed E-state index contributed by atoms with van der Waals surface area (Å²) in [6.45, 7) is 3.41. The second kappa shape index (κ2) is 13.3. The number of pyridine rings is 1. The fourth-order valence-electron chi connectivity index (χ4n) is 4.33. The van der Waals surface area contributed by atoms with Crippen molar-refractivity contribution >= 4 is 28.1 Å². The molecule has 0 amide bonds. The van der Waals surface area contributed by atoms with Crippen LogP contribution >= 0.6 is 23.3 Å². The second-order valence-corrected chi connectivity index (χ2v) is 10.5. The van der Waals surface area contributed by atoms with Crippen molar-refractivity contribution < 1.29 is 19.0 Å². The van der Waals surface area contributed by atoms with Crippen LogP contribution in [0.15, 0.2) is 52.0 Å². The maximum atomic E-state index is 13.2. The molecule has 0 radical (unpaired) electrons. The molecule has 5 rings (SSSR count). The van der Waals surface area contributed by atoms with Gasteiger partial charge in [-0.2, -0.15) is 0 Å². The monoisotopic (exact) mass is 543 g/mol. The fraction of sp³-hybridized carbons (Fsp3) is 0.407. The van der Waals surface area contributed by atoms with Crippen LogP contribution in [-0.2, 0) is 24.0 Å². The number of aliphatic hydroxyl groups excluding tert-OH is 1. The molecule has 8 nitrogen and oxygen atoms in total. The molecule has 3 aromatic heterocycles. The van der Waals surface area contributed by atoms with Crippen molar-refractivity contribution in [3.63, 3.8) is 0 Å². The number of aryl methyl sites for hydroxylation is 4. The molecule has 1 aliphatic rings. The molecular weight excluding hydrogens is 510 g/mol. The molecule has 4 aromatic rings. The number of oxazole rings is 1. The predicted octanol–water partition coefficient (Wildman–Crippen LogP) is 4.43. The first kappa shape index (κ1) is 27.4. The van der Waals surface area contributed by atoms with Crippen molar-refractivity contribution in [3.8, 4) is 16.5 Å². The number of methoxy groups -OCH3 is 1. The summed E-state index contributed by atoms with van der Waals surface area (Å²) >= 11 is 2.80. The van der Waals surface area contributed by atoms with Crippen LogP contribution in [0.5, 0.6) is 5.75 Å². The van der Waals surface area contributed by atoms with Crippen LogP contribution in [0, 0.1) is 6.92 Å². The quantitative estimate of drug-likeness (QED) is 0.314. The number of aliphatic hydroxyl groups is 1. The highest BCUT2D eigenvalue weighted by molar-refractivity contribution is 7.97. The molecule has 0 bridgehead atoms. The van der Waals surface area contributed by atoms with Gasteiger partial charge >= 0.3 is 0 Å². The molecule has 4 heterocycles. The lowest BCUT2D eigenvalue weighted by molar-refractivity contribution is 0.0140. The Bertz CT molecular complexity index is 1340. The molecule has 1 fully saturated rings. The van der Waals surface area contributed by atoms with E-state index in [-0.39, 0.29) is 11.7 Å². The second-order valence-electron chi connectivity index (χ2n) is 8.77. The van der Waals surface area contributed by atoms with E-state index < -0.39 is 0 Å². The lowest BCUT2D eigenvalue weighted by atomic mass is 10.0. The molecule has 0 aliphatic carbocycles. The van der Waals surface area contributed by atoms with E-state index in [0.29, 0.717) is 18.1 Å². The van der Waals surface area contributed by atoms with Crippen LogP contribution in [-0.4, -0.2) is 46.7 Å². The van der Waals surface area contributed by atoms with Crippen molar-refractivity contribution in [2.24, 2.45) is 5.14 Å². The van der Waals surface area contributed by atoms with E-state index in [0.717, 1.165) is 76.7 Å². The topological polar surface area (TPSA) is 112 Å². The average Bonchev–Trinajstić information content (AvgIpc) is 3.57. The van der Waals surface area contributed by atoms with Crippen LogP contribution in [0.1, 0.15) is 35.2 Å². The van der Waals surface area contributed by atoms with E-state index in [2.05, 4.69) is 11.1 Å². The number of ether oxygens (including phenoxy) is 2. The summed E-state index contributed by atoms with van der Waals surface area (Å²) < 4.78 is 17.8. The lowest BCUT2D eigenvalue weighted by Gasteiger charge is -2.15. The Morgan fingerprint density at radius 3 is 2.59 bits per heavy atom. The number of nitrogens with zero attached hydrogens (tertiary/aromatic N) is 2. The smallest absolute Gasteiger partial charge is 0.259 e. The van der Waals surface area contributed by atoms with Gasteiger partial charge in [-0.05, 0) is 62.3 Å². The van der Waals surface area contributed by atoms with Crippen molar-refractivity contribution in [3.05, 3.63) is 75.5 Å². The summed E-state index contributed by atoms with van der Waals surface area (Å²) in [7, 11) is 1.69. The van der Waals surface area contributed by atoms with Crippen LogP contribution in [0.4, 0.5) is 0 Å². The van der Waals surface area contributed by atoms with Gasteiger partial charge in [-0.1, -0.05) is 30.1 Å². The number of para-hydroxylation sites is 1. The van der Waals surface area contributed by atoms with E-state index in [1.165, 1.54) is 11.9 Å². The molecule has 0 saturated carbocycles. The van der Waals surface area contributed by atoms with Crippen LogP contribution in [0.3, 0.4) is 0 Å². The Morgan fingerprint density at radius 1 is 1.19 bits per heavy atom. The zero-order valence-electron chi connectivity index (χ0n) is 21.1. The van der Waals surface area contributed by atoms with Crippen molar-refractivity contribution in [1.29, 1.82) is 0 Å². The van der Waals surface area contributed by atoms with Gasteiger partial charge < -0.3 is 19.0 Å². The van der Waals surface area contributed by atoms with E-state index >= 15 is 0 Å². The molecule has 3 N–H and O–H groups in total. The van der Waals surface area contributed by atoms with E-state index in [9.17, 15) is 4.79 Å². The Morgan fingerprint density at radius 2 is 1.95 bits per heavy atom. The lowest BCUT2D eigenvalue weighted by Crippen LogP contribution is -2.20. The number of benzene rings is 1. The molecule has 198 valence electrons. The van der Waals surface area contributed by atoms with E-state index in [1.807, 2.05) is 31.2 Å². The largest absolute Gasteiger partial charge is 0.496 e. The Hall–Kier alpha value is -2.63. The first-order chi connectivity index (χ1) is 18.0. The van der Waals surface area contributed by atoms with Crippen LogP contribution in [0.25, 0.3) is 15.6 Å². The van der Waals surface area contributed by atoms with E-state index in [1.54, 1.807) is 35.3 Å². The molecule has 0 atom stereocenters. The van der Waals surface area contributed by atoms with Crippen LogP contribution < -0.4 is 15.4 Å². The zero-order chi connectivity index (χ0) is 26.2. The number of thiazole rings is 1. The molecule has 10 heteroatoms. The molecule has 37 heavy (non-hydrogen) atoms. The maximum Gasteiger partial charge on any atom is 0.259 e. The summed E-state index contributed by atoms with van der Waals surface area (Å²) in [6.07, 6.45) is 6.96. The molecule has 1 aromatic carbocycles. The van der Waals surface area contributed by atoms with Gasteiger partial charge in [0.05, 0.1) is 19.4 Å². The Labute approximate surface area is 224 Å². The third kappa shape index (κ3) is 6.63. The van der Waals surface area contributed by atoms with E-state index in [4.69, 9.17) is 24.1 Å². The molecule has 1 saturated heterocycles. The number of hydrogen-bond donors (Lipinski definition) is 2. The SMILES string of the molecule is COc1ccccc1CCc1cc(CCSN)c(=O)n2c(C)c(-c3ncco3)sc12.OC1CCOCC1. The van der Waals surface area contributed by atoms with Gasteiger partial charge in [0.2, 0.25) is 5.89 Å². The van der Waals surface area contributed by atoms with Gasteiger partial charge in [0.1, 0.15) is 21.7 Å². The van der Waals surface area contributed by atoms with Gasteiger partial charge in [0, 0.05) is 30.2 Å². The van der Waals surface area contributed by atoms with Gasteiger partial charge in [0.25, 0.3) is 5.56 Å².